The molecule has 0 unspecified atom stereocenters. The number of carbonyl (C=O) groups is 3. The van der Waals surface area contributed by atoms with Gasteiger partial charge in [0.05, 0.1) is 0 Å². The van der Waals surface area contributed by atoms with Crippen molar-refractivity contribution in [3.8, 4) is 11.1 Å². The van der Waals surface area contributed by atoms with Gasteiger partial charge in [0.1, 0.15) is 0 Å². The quantitative estimate of drug-likeness (QED) is 0.368. The van der Waals surface area contributed by atoms with Crippen LogP contribution >= 0.6 is 11.8 Å². The van der Waals surface area contributed by atoms with Crippen LogP contribution in [0.15, 0.2) is 82.7 Å². The van der Waals surface area contributed by atoms with Gasteiger partial charge in [0.15, 0.2) is 0 Å². The molecular weight excluding hydrogens is 473 g/mol. The van der Waals surface area contributed by atoms with E-state index in [0.29, 0.717) is 10.1 Å². The molecule has 1 aliphatic rings. The van der Waals surface area contributed by atoms with Gasteiger partial charge in [-0.25, -0.2) is 0 Å². The number of hydrogen-bond donors (Lipinski definition) is 3. The zero-order chi connectivity index (χ0) is 25.4. The standard InChI is InChI=1S/C24H18N3O2S.C2H4O2.Na/c1-16(28)25-21-13-11-19(12-14-21)18-9-7-17(8-10-18)15-22-23(29)27-24(30-22)26-20-5-3-2-4-6-20;1-2(3)4;/h3-15H,1H3,(H,25,28)(H,26,27,29);1H3,(H,3,4);. The summed E-state index contributed by atoms with van der Waals surface area (Å²) in [6, 6.07) is 23.8. The van der Waals surface area contributed by atoms with E-state index in [9.17, 15) is 9.59 Å². The number of anilines is 2. The van der Waals surface area contributed by atoms with Crippen molar-refractivity contribution in [1.82, 2.24) is 0 Å². The fourth-order valence-corrected chi connectivity index (χ4v) is 4.26. The topological polar surface area (TPSA) is 108 Å². The van der Waals surface area contributed by atoms with Crippen LogP contribution in [-0.4, -0.2) is 56.0 Å². The number of nitrogens with one attached hydrogen (secondary N) is 2. The van der Waals surface area contributed by atoms with E-state index < -0.39 is 5.97 Å². The third-order valence-electron chi connectivity index (χ3n) is 4.67. The van der Waals surface area contributed by atoms with Crippen molar-refractivity contribution in [1.29, 1.82) is 0 Å². The fourth-order valence-electron chi connectivity index (χ4n) is 3.10. The molecule has 0 radical (unpaired) electrons. The van der Waals surface area contributed by atoms with Gasteiger partial charge < -0.3 is 10.4 Å². The molecule has 3 aromatic rings. The summed E-state index contributed by atoms with van der Waals surface area (Å²) in [4.78, 5) is 37.1. The van der Waals surface area contributed by atoms with Gasteiger partial charge in [-0.05, 0) is 23.3 Å². The van der Waals surface area contributed by atoms with Gasteiger partial charge in [-0.1, -0.05) is 12.1 Å². The van der Waals surface area contributed by atoms with Gasteiger partial charge in [0, 0.05) is 19.5 Å². The smallest absolute Gasteiger partial charge is 0.481 e. The normalized spacial score (nSPS) is 13.5. The van der Waals surface area contributed by atoms with E-state index >= 15 is 0 Å². The number of rotatable bonds is 4. The third kappa shape index (κ3) is 8.52. The van der Waals surface area contributed by atoms with Crippen LogP contribution in [0, 0.1) is 0 Å². The van der Waals surface area contributed by atoms with E-state index in [1.807, 2.05) is 66.7 Å². The Hall–Kier alpha value is -3.17. The van der Waals surface area contributed by atoms with Crippen molar-refractivity contribution >= 4 is 82.9 Å². The first-order valence-electron chi connectivity index (χ1n) is 10.7. The molecule has 0 saturated carbocycles. The monoisotopic (exact) mass is 495 g/mol. The molecule has 0 spiro atoms. The number of carboxylic acids is 1. The minimum Gasteiger partial charge on any atom is -0.481 e. The second-order valence-corrected chi connectivity index (χ2v) is 9.91. The number of amidine groups is 1. The molecule has 172 valence electrons. The summed E-state index contributed by atoms with van der Waals surface area (Å²) in [5, 5.41) is 14.0. The predicted octanol–water partition coefficient (Wildman–Crippen LogP) is 4.28. The minimum absolute atomic E-state index is 0.0906. The summed E-state index contributed by atoms with van der Waals surface area (Å²) < 4.78 is 1.32. The Labute approximate surface area is 225 Å². The van der Waals surface area contributed by atoms with E-state index in [2.05, 4.69) is 27.8 Å². The van der Waals surface area contributed by atoms with Crippen LogP contribution in [0.1, 0.15) is 19.4 Å². The van der Waals surface area contributed by atoms with Gasteiger partial charge >= 0.3 is 139 Å². The maximum atomic E-state index is 12.3. The fraction of sp³-hybridized carbons (Fsp3) is 0.0769. The molecule has 0 aliphatic carbocycles. The minimum atomic E-state index is -0.833. The number of aliphatic imine (C=N–C) groups is 1. The van der Waals surface area contributed by atoms with E-state index in [1.165, 1.54) is 21.5 Å². The third-order valence-corrected chi connectivity index (χ3v) is 6.24. The number of carboxylic acid groups (broad SMARTS) is 1. The second kappa shape index (κ2) is 12.5. The summed E-state index contributed by atoms with van der Waals surface area (Å²) in [6.07, 6.45) is 1.86. The molecular formula is C26H22N3NaO4S. The first kappa shape index (κ1) is 26.4. The van der Waals surface area contributed by atoms with E-state index in [4.69, 9.17) is 9.90 Å². The molecule has 3 N–H and O–H groups in total. The van der Waals surface area contributed by atoms with Gasteiger partial charge in [-0.3, -0.25) is 9.59 Å². The van der Waals surface area contributed by atoms with Gasteiger partial charge in [-0.15, -0.1) is 0 Å². The molecule has 0 atom stereocenters. The molecule has 7 nitrogen and oxygen atoms in total. The predicted molar refractivity (Wildman–Crippen MR) is 143 cm³/mol. The van der Waals surface area contributed by atoms with Gasteiger partial charge in [0.25, 0.3) is 5.97 Å². The number of hydrogen-bond acceptors (Lipinski definition) is 5. The Balaban J connectivity index is 0.000000795. The molecule has 4 rings (SSSR count). The Morgan fingerprint density at radius 3 is 1.94 bits per heavy atom. The summed E-state index contributed by atoms with van der Waals surface area (Å²) in [5.74, 6) is -1.16. The number of carbonyl (C=O) groups excluding carboxylic acids is 2. The molecule has 0 aromatic heterocycles. The van der Waals surface area contributed by atoms with Crippen molar-refractivity contribution in [3.63, 3.8) is 0 Å². The first-order chi connectivity index (χ1) is 16.7. The summed E-state index contributed by atoms with van der Waals surface area (Å²) in [6.45, 7) is 2.57. The average Bonchev–Trinajstić information content (AvgIpc) is 3.14. The number of aliphatic carboxylic acids is 1. The second-order valence-electron chi connectivity index (χ2n) is 7.72. The molecule has 3 aromatic carbocycles. The molecule has 0 saturated heterocycles. The van der Waals surface area contributed by atoms with E-state index in [-0.39, 0.29) is 11.8 Å². The van der Waals surface area contributed by atoms with Crippen LogP contribution in [0.3, 0.4) is 0 Å². The number of thioether (sulfide) groups is 1. The van der Waals surface area contributed by atoms with Crippen molar-refractivity contribution in [3.05, 3.63) is 83.3 Å². The maximum absolute atomic E-state index is 12.3. The van der Waals surface area contributed by atoms with Crippen LogP contribution in [0.2, 0.25) is 0 Å². The Kier molecular flexibility index (Phi) is 9.45. The Morgan fingerprint density at radius 1 is 0.886 bits per heavy atom. The van der Waals surface area contributed by atoms with Gasteiger partial charge in [0.2, 0.25) is 5.91 Å². The number of nitrogens with zero attached hydrogens (tertiary/aromatic N) is 1. The average molecular weight is 496 g/mol. The molecule has 9 heteroatoms. The first-order valence-corrected chi connectivity index (χ1v) is 12.5. The van der Waals surface area contributed by atoms with Crippen molar-refractivity contribution in [2.75, 3.05) is 10.6 Å². The van der Waals surface area contributed by atoms with Crippen LogP contribution in [0.5, 0.6) is 0 Å². The zero-order valence-corrected chi connectivity index (χ0v) is 22.3. The summed E-state index contributed by atoms with van der Waals surface area (Å²) >= 11 is 2.36. The van der Waals surface area contributed by atoms with E-state index in [1.54, 1.807) is 0 Å². The molecule has 1 heterocycles. The van der Waals surface area contributed by atoms with Crippen LogP contribution in [0.4, 0.5) is 11.4 Å². The van der Waals surface area contributed by atoms with Gasteiger partial charge in [-0.2, -0.15) is 0 Å². The summed E-state index contributed by atoms with van der Waals surface area (Å²) in [7, 11) is 0. The van der Waals surface area contributed by atoms with Crippen molar-refractivity contribution in [2.24, 2.45) is 4.99 Å². The molecule has 1 aliphatic heterocycles. The van der Waals surface area contributed by atoms with E-state index in [0.717, 1.165) is 62.9 Å². The van der Waals surface area contributed by atoms with Crippen molar-refractivity contribution in [2.45, 2.75) is 13.8 Å². The Morgan fingerprint density at radius 2 is 1.40 bits per heavy atom. The van der Waals surface area contributed by atoms with Crippen LogP contribution < -0.4 is 13.4 Å². The molecule has 0 bridgehead atoms. The molecule has 0 fully saturated rings. The van der Waals surface area contributed by atoms with Crippen LogP contribution in [-0.2, 0) is 14.4 Å². The van der Waals surface area contributed by atoms with Crippen LogP contribution in [0.25, 0.3) is 17.2 Å². The molecule has 35 heavy (non-hydrogen) atoms. The molecule has 2 amide bonds. The number of amides is 2. The zero-order valence-electron chi connectivity index (χ0n) is 19.5. The SMILES string of the molecule is CC(=O)Nc1ccc(-c2ccc(C=C3SC(Nc4cc[c]([Na])cc4)=NC3=O)cc2)cc1.CC(=O)O. The Bertz CT molecular complexity index is 1280. The number of benzene rings is 3. The summed E-state index contributed by atoms with van der Waals surface area (Å²) in [5.41, 5.74) is 4.74. The van der Waals surface area contributed by atoms with Crippen molar-refractivity contribution < 1.29 is 19.5 Å².